The van der Waals surface area contributed by atoms with E-state index in [0.29, 0.717) is 29.6 Å². The minimum atomic E-state index is -3.80. The number of hydrogen-bond donors (Lipinski definition) is 1. The molecule has 3 aromatic rings. The van der Waals surface area contributed by atoms with Crippen LogP contribution in [0.3, 0.4) is 0 Å². The van der Waals surface area contributed by atoms with E-state index in [1.54, 1.807) is 12.1 Å². The van der Waals surface area contributed by atoms with E-state index in [-0.39, 0.29) is 4.90 Å². The Hall–Kier alpha value is -2.13. The summed E-state index contributed by atoms with van der Waals surface area (Å²) in [7, 11) is -3.80. The molecule has 3 rings (SSSR count). The van der Waals surface area contributed by atoms with Crippen LogP contribution in [0.15, 0.2) is 77.3 Å². The first-order chi connectivity index (χ1) is 15.4. The molecule has 170 valence electrons. The third-order valence-corrected chi connectivity index (χ3v) is 7.53. The van der Waals surface area contributed by atoms with Crippen molar-refractivity contribution in [1.82, 2.24) is 19.5 Å². The highest BCUT2D eigenvalue weighted by molar-refractivity contribution is 7.99. The molecule has 9 heteroatoms. The van der Waals surface area contributed by atoms with E-state index in [4.69, 9.17) is 11.6 Å². The fourth-order valence-corrected chi connectivity index (χ4v) is 5.25. The molecule has 0 aliphatic carbocycles. The van der Waals surface area contributed by atoms with Crippen molar-refractivity contribution in [3.05, 3.63) is 83.7 Å². The van der Waals surface area contributed by atoms with Gasteiger partial charge in [-0.15, -0.1) is 16.8 Å². The Morgan fingerprint density at radius 2 is 1.88 bits per heavy atom. The molecule has 0 aliphatic heterocycles. The molecule has 1 heterocycles. The zero-order valence-corrected chi connectivity index (χ0v) is 20.3. The van der Waals surface area contributed by atoms with Gasteiger partial charge >= 0.3 is 0 Å². The van der Waals surface area contributed by atoms with Crippen LogP contribution in [0.4, 0.5) is 0 Å². The zero-order chi connectivity index (χ0) is 23.0. The topological polar surface area (TPSA) is 76.9 Å². The van der Waals surface area contributed by atoms with Crippen LogP contribution in [0.1, 0.15) is 37.2 Å². The van der Waals surface area contributed by atoms with Crippen molar-refractivity contribution in [2.75, 3.05) is 5.75 Å². The first-order valence-corrected chi connectivity index (χ1v) is 13.3. The van der Waals surface area contributed by atoms with Gasteiger partial charge in [-0.3, -0.25) is 0 Å². The quantitative estimate of drug-likeness (QED) is 0.276. The number of aromatic nitrogens is 3. The average Bonchev–Trinajstić information content (AvgIpc) is 3.19. The Morgan fingerprint density at radius 1 is 1.16 bits per heavy atom. The standard InChI is InChI=1S/C23H27ClN4O2S2/c1-3-5-15-28-22(25-26-23(28)31-16-4-2)21(17-18-9-7-6-8-10-18)27-32(29,30)20-13-11-19(24)12-14-20/h4,6-14,21,27H,2-3,5,15-17H2,1H3/t21-/m1/s1. The molecule has 0 radical (unpaired) electrons. The summed E-state index contributed by atoms with van der Waals surface area (Å²) < 4.78 is 31.3. The summed E-state index contributed by atoms with van der Waals surface area (Å²) in [5, 5.41) is 10.0. The number of hydrogen-bond acceptors (Lipinski definition) is 5. The second-order valence-corrected chi connectivity index (χ2v) is 10.4. The summed E-state index contributed by atoms with van der Waals surface area (Å²) >= 11 is 7.48. The van der Waals surface area contributed by atoms with E-state index in [0.717, 1.165) is 23.6 Å². The molecule has 1 aromatic heterocycles. The number of nitrogens with zero attached hydrogens (tertiary/aromatic N) is 3. The summed E-state index contributed by atoms with van der Waals surface area (Å²) in [5.41, 5.74) is 1.00. The number of thioether (sulfide) groups is 1. The maximum absolute atomic E-state index is 13.2. The lowest BCUT2D eigenvalue weighted by atomic mass is 10.1. The first kappa shape index (κ1) is 24.5. The van der Waals surface area contributed by atoms with Crippen molar-refractivity contribution >= 4 is 33.4 Å². The number of sulfonamides is 1. The Morgan fingerprint density at radius 3 is 2.53 bits per heavy atom. The Bertz CT molecular complexity index is 1120. The average molecular weight is 491 g/mol. The zero-order valence-electron chi connectivity index (χ0n) is 17.9. The number of nitrogens with one attached hydrogen (secondary N) is 1. The molecule has 0 aliphatic rings. The van der Waals surface area contributed by atoms with Crippen LogP contribution < -0.4 is 4.72 Å². The fraction of sp³-hybridized carbons (Fsp3) is 0.304. The first-order valence-electron chi connectivity index (χ1n) is 10.4. The summed E-state index contributed by atoms with van der Waals surface area (Å²) in [6, 6.07) is 15.3. The minimum Gasteiger partial charge on any atom is -0.305 e. The van der Waals surface area contributed by atoms with E-state index < -0.39 is 16.1 Å². The van der Waals surface area contributed by atoms with Crippen molar-refractivity contribution in [3.8, 4) is 0 Å². The van der Waals surface area contributed by atoms with Gasteiger partial charge in [-0.1, -0.05) is 73.1 Å². The van der Waals surface area contributed by atoms with Crippen molar-refractivity contribution < 1.29 is 8.42 Å². The van der Waals surface area contributed by atoms with Crippen LogP contribution in [0, 0.1) is 0 Å². The number of halogens is 1. The predicted octanol–water partition coefficient (Wildman–Crippen LogP) is 5.27. The molecule has 1 atom stereocenters. The van der Waals surface area contributed by atoms with E-state index in [1.807, 2.05) is 41.0 Å². The summed E-state index contributed by atoms with van der Waals surface area (Å²) in [6.07, 6.45) is 4.20. The van der Waals surface area contributed by atoms with Gasteiger partial charge in [0.25, 0.3) is 0 Å². The van der Waals surface area contributed by atoms with Gasteiger partial charge in [0.05, 0.1) is 10.9 Å². The molecule has 0 saturated heterocycles. The van der Waals surface area contributed by atoms with Gasteiger partial charge in [0.1, 0.15) is 0 Å². The van der Waals surface area contributed by atoms with Crippen molar-refractivity contribution in [1.29, 1.82) is 0 Å². The highest BCUT2D eigenvalue weighted by atomic mass is 35.5. The third kappa shape index (κ3) is 6.45. The molecular formula is C23H27ClN4O2S2. The number of benzene rings is 2. The lowest BCUT2D eigenvalue weighted by molar-refractivity contribution is 0.498. The van der Waals surface area contributed by atoms with Gasteiger partial charge in [0.15, 0.2) is 11.0 Å². The largest absolute Gasteiger partial charge is 0.305 e. The lowest BCUT2D eigenvalue weighted by Gasteiger charge is -2.20. The maximum Gasteiger partial charge on any atom is 0.241 e. The molecule has 2 aromatic carbocycles. The van der Waals surface area contributed by atoms with Crippen molar-refractivity contribution in [2.24, 2.45) is 0 Å². The van der Waals surface area contributed by atoms with Crippen LogP contribution in [-0.4, -0.2) is 28.9 Å². The second kappa shape index (κ2) is 11.7. The van der Waals surface area contributed by atoms with Crippen molar-refractivity contribution in [3.63, 3.8) is 0 Å². The normalized spacial score (nSPS) is 12.6. The van der Waals surface area contributed by atoms with Gasteiger partial charge in [0.2, 0.25) is 10.0 Å². The van der Waals surface area contributed by atoms with E-state index in [1.165, 1.54) is 23.9 Å². The maximum atomic E-state index is 13.2. The van der Waals surface area contributed by atoms with Crippen LogP contribution in [0.5, 0.6) is 0 Å². The van der Waals surface area contributed by atoms with Crippen LogP contribution in [0.25, 0.3) is 0 Å². The third-order valence-electron chi connectivity index (χ3n) is 4.83. The van der Waals surface area contributed by atoms with Gasteiger partial charge in [-0.05, 0) is 42.7 Å². The summed E-state index contributed by atoms with van der Waals surface area (Å²) in [5.74, 6) is 1.30. The number of unbranched alkanes of at least 4 members (excludes halogenated alkanes) is 1. The fourth-order valence-electron chi connectivity index (χ4n) is 3.23. The molecule has 0 fully saturated rings. The molecule has 32 heavy (non-hydrogen) atoms. The molecule has 0 bridgehead atoms. The molecule has 6 nitrogen and oxygen atoms in total. The molecule has 0 saturated carbocycles. The Labute approximate surface area is 199 Å². The Kier molecular flexibility index (Phi) is 8.92. The summed E-state index contributed by atoms with van der Waals surface area (Å²) in [4.78, 5) is 0.154. The molecule has 0 unspecified atom stereocenters. The van der Waals surface area contributed by atoms with E-state index in [9.17, 15) is 8.42 Å². The number of rotatable bonds is 12. The molecule has 0 amide bonds. The van der Waals surface area contributed by atoms with Crippen LogP contribution in [0.2, 0.25) is 5.02 Å². The van der Waals surface area contributed by atoms with Gasteiger partial charge in [-0.2, -0.15) is 0 Å². The smallest absolute Gasteiger partial charge is 0.241 e. The molecule has 1 N–H and O–H groups in total. The van der Waals surface area contributed by atoms with Crippen LogP contribution in [-0.2, 0) is 23.0 Å². The highest BCUT2D eigenvalue weighted by Gasteiger charge is 2.27. The highest BCUT2D eigenvalue weighted by Crippen LogP contribution is 2.26. The monoisotopic (exact) mass is 490 g/mol. The van der Waals surface area contributed by atoms with Gasteiger partial charge in [0, 0.05) is 17.3 Å². The van der Waals surface area contributed by atoms with Crippen LogP contribution >= 0.6 is 23.4 Å². The van der Waals surface area contributed by atoms with Gasteiger partial charge < -0.3 is 4.57 Å². The second-order valence-electron chi connectivity index (χ2n) is 7.26. The van der Waals surface area contributed by atoms with Gasteiger partial charge in [-0.25, -0.2) is 13.1 Å². The Balaban J connectivity index is 2.00. The van der Waals surface area contributed by atoms with Crippen molar-refractivity contribution in [2.45, 2.75) is 48.8 Å². The SMILES string of the molecule is C=CCSc1nnc([C@@H](Cc2ccccc2)NS(=O)(=O)c2ccc(Cl)cc2)n1CCCC. The lowest BCUT2D eigenvalue weighted by Crippen LogP contribution is -2.32. The summed E-state index contributed by atoms with van der Waals surface area (Å²) in [6.45, 7) is 6.61. The van der Waals surface area contributed by atoms with E-state index >= 15 is 0 Å². The molecular weight excluding hydrogens is 464 g/mol. The molecule has 0 spiro atoms. The van der Waals surface area contributed by atoms with E-state index in [2.05, 4.69) is 28.4 Å². The predicted molar refractivity (Wildman–Crippen MR) is 131 cm³/mol. The minimum absolute atomic E-state index is 0.154.